The zero-order valence-corrected chi connectivity index (χ0v) is 5.96. The van der Waals surface area contributed by atoms with Crippen LogP contribution < -0.4 is 0 Å². The molecule has 0 amide bonds. The van der Waals surface area contributed by atoms with Crippen LogP contribution in [0.1, 0.15) is 12.8 Å². The third-order valence-corrected chi connectivity index (χ3v) is 2.49. The van der Waals surface area contributed by atoms with Gasteiger partial charge in [-0.2, -0.15) is 11.8 Å². The average molecular weight is 152 g/mol. The van der Waals surface area contributed by atoms with Gasteiger partial charge in [0, 0.05) is 0 Å². The Bertz CT molecular complexity index is 79.1. The van der Waals surface area contributed by atoms with Crippen LogP contribution in [0, 0.1) is 5.92 Å². The topological polar surface area (TPSA) is 0 Å². The molecule has 0 aromatic heterocycles. The van der Waals surface area contributed by atoms with Gasteiger partial charge in [-0.25, -0.2) is 8.78 Å². The molecule has 1 fully saturated rings. The maximum absolute atomic E-state index is 11.5. The summed E-state index contributed by atoms with van der Waals surface area (Å²) in [7, 11) is 0. The van der Waals surface area contributed by atoms with E-state index in [9.17, 15) is 8.78 Å². The predicted octanol–water partition coefficient (Wildman–Crippen LogP) is 2.39. The molecular formula is C6H10F2S. The molecule has 1 aliphatic rings. The average Bonchev–Trinajstić information content (AvgIpc) is 2.48. The van der Waals surface area contributed by atoms with Gasteiger partial charge in [0.1, 0.15) is 0 Å². The van der Waals surface area contributed by atoms with Crippen molar-refractivity contribution in [3.8, 4) is 0 Å². The van der Waals surface area contributed by atoms with Crippen molar-refractivity contribution in [3.05, 3.63) is 0 Å². The van der Waals surface area contributed by atoms with Crippen molar-refractivity contribution in [2.24, 2.45) is 5.92 Å². The molecule has 1 rings (SSSR count). The van der Waals surface area contributed by atoms with Gasteiger partial charge in [-0.3, -0.25) is 0 Å². The second-order valence-electron chi connectivity index (χ2n) is 2.37. The van der Waals surface area contributed by atoms with Crippen molar-refractivity contribution in [1.82, 2.24) is 0 Å². The second kappa shape index (κ2) is 3.40. The lowest BCUT2D eigenvalue weighted by Crippen LogP contribution is -1.95. The van der Waals surface area contributed by atoms with Gasteiger partial charge in [-0.15, -0.1) is 0 Å². The van der Waals surface area contributed by atoms with Gasteiger partial charge < -0.3 is 0 Å². The number of hydrogen-bond donors (Lipinski definition) is 0. The molecule has 9 heavy (non-hydrogen) atoms. The zero-order valence-electron chi connectivity index (χ0n) is 5.15. The molecule has 0 aliphatic heterocycles. The fraction of sp³-hybridized carbons (Fsp3) is 1.00. The molecule has 0 heterocycles. The lowest BCUT2D eigenvalue weighted by Gasteiger charge is -1.96. The van der Waals surface area contributed by atoms with E-state index in [1.165, 1.54) is 24.6 Å². The molecule has 0 bridgehead atoms. The monoisotopic (exact) mass is 152 g/mol. The lowest BCUT2D eigenvalue weighted by molar-refractivity contribution is 0.177. The van der Waals surface area contributed by atoms with E-state index in [-0.39, 0.29) is 5.75 Å². The summed E-state index contributed by atoms with van der Waals surface area (Å²) in [6.07, 6.45) is 0.403. The molecule has 0 nitrogen and oxygen atoms in total. The first-order valence-corrected chi connectivity index (χ1v) is 4.30. The van der Waals surface area contributed by atoms with Gasteiger partial charge in [0.25, 0.3) is 0 Å². The molecule has 0 radical (unpaired) electrons. The van der Waals surface area contributed by atoms with Crippen molar-refractivity contribution in [2.75, 3.05) is 11.5 Å². The second-order valence-corrected chi connectivity index (χ2v) is 3.45. The molecule has 0 saturated heterocycles. The fourth-order valence-electron chi connectivity index (χ4n) is 0.608. The molecule has 1 aliphatic carbocycles. The highest BCUT2D eigenvalue weighted by molar-refractivity contribution is 7.99. The van der Waals surface area contributed by atoms with Crippen LogP contribution in [-0.4, -0.2) is 17.9 Å². The quantitative estimate of drug-likeness (QED) is 0.596. The molecule has 0 aromatic carbocycles. The van der Waals surface area contributed by atoms with Crippen LogP contribution in [-0.2, 0) is 0 Å². The standard InChI is InChI=1S/C6H10F2S/c7-6(8)4-9-3-5-1-2-5/h5-6H,1-4H2. The molecular weight excluding hydrogens is 142 g/mol. The highest BCUT2D eigenvalue weighted by atomic mass is 32.2. The minimum absolute atomic E-state index is 0.0243. The van der Waals surface area contributed by atoms with E-state index in [2.05, 4.69) is 0 Å². The summed E-state index contributed by atoms with van der Waals surface area (Å²) in [5.74, 6) is 1.75. The summed E-state index contributed by atoms with van der Waals surface area (Å²) in [5, 5.41) is 0. The summed E-state index contributed by atoms with van der Waals surface area (Å²) < 4.78 is 23.0. The van der Waals surface area contributed by atoms with Crippen LogP contribution in [0.25, 0.3) is 0 Å². The van der Waals surface area contributed by atoms with E-state index in [1.54, 1.807) is 0 Å². The Morgan fingerprint density at radius 2 is 2.11 bits per heavy atom. The van der Waals surface area contributed by atoms with Gasteiger partial charge in [-0.05, 0) is 24.5 Å². The minimum Gasteiger partial charge on any atom is -0.210 e. The van der Waals surface area contributed by atoms with Crippen molar-refractivity contribution in [3.63, 3.8) is 0 Å². The van der Waals surface area contributed by atoms with Crippen LogP contribution in [0.2, 0.25) is 0 Å². The maximum Gasteiger partial charge on any atom is 0.247 e. The maximum atomic E-state index is 11.5. The normalized spacial score (nSPS) is 19.0. The van der Waals surface area contributed by atoms with Gasteiger partial charge in [-0.1, -0.05) is 0 Å². The van der Waals surface area contributed by atoms with Crippen molar-refractivity contribution >= 4 is 11.8 Å². The minimum atomic E-state index is -2.12. The molecule has 0 spiro atoms. The molecule has 0 aromatic rings. The first-order valence-electron chi connectivity index (χ1n) is 3.15. The van der Waals surface area contributed by atoms with E-state index in [4.69, 9.17) is 0 Å². The zero-order chi connectivity index (χ0) is 6.69. The molecule has 0 unspecified atom stereocenters. The van der Waals surface area contributed by atoms with E-state index in [0.717, 1.165) is 11.7 Å². The highest BCUT2D eigenvalue weighted by Gasteiger charge is 2.21. The van der Waals surface area contributed by atoms with Gasteiger partial charge in [0.15, 0.2) is 0 Å². The molecule has 54 valence electrons. The Labute approximate surface area is 58.0 Å². The van der Waals surface area contributed by atoms with Crippen molar-refractivity contribution in [2.45, 2.75) is 19.3 Å². The Morgan fingerprint density at radius 1 is 1.44 bits per heavy atom. The number of halogens is 2. The van der Waals surface area contributed by atoms with Crippen molar-refractivity contribution < 1.29 is 8.78 Å². The van der Waals surface area contributed by atoms with E-state index in [0.29, 0.717) is 0 Å². The fourth-order valence-corrected chi connectivity index (χ4v) is 1.59. The Hall–Kier alpha value is 0.210. The number of hydrogen-bond acceptors (Lipinski definition) is 1. The van der Waals surface area contributed by atoms with Crippen LogP contribution in [0.5, 0.6) is 0 Å². The van der Waals surface area contributed by atoms with Gasteiger partial charge in [0.2, 0.25) is 6.43 Å². The summed E-state index contributed by atoms with van der Waals surface area (Å²) in [6.45, 7) is 0. The largest absolute Gasteiger partial charge is 0.247 e. The van der Waals surface area contributed by atoms with Crippen LogP contribution in [0.4, 0.5) is 8.78 Å². The van der Waals surface area contributed by atoms with Crippen LogP contribution in [0.15, 0.2) is 0 Å². The van der Waals surface area contributed by atoms with E-state index < -0.39 is 6.43 Å². The molecule has 3 heteroatoms. The van der Waals surface area contributed by atoms with Gasteiger partial charge in [0.05, 0.1) is 5.75 Å². The first-order chi connectivity index (χ1) is 4.29. The molecule has 1 saturated carbocycles. The smallest absolute Gasteiger partial charge is 0.210 e. The Balaban J connectivity index is 1.81. The molecule has 0 atom stereocenters. The molecule has 0 N–H and O–H groups in total. The predicted molar refractivity (Wildman–Crippen MR) is 36.1 cm³/mol. The van der Waals surface area contributed by atoms with Crippen molar-refractivity contribution in [1.29, 1.82) is 0 Å². The third-order valence-electron chi connectivity index (χ3n) is 1.29. The SMILES string of the molecule is FC(F)CSCC1CC1. The number of thioether (sulfide) groups is 1. The Morgan fingerprint density at radius 3 is 2.56 bits per heavy atom. The third kappa shape index (κ3) is 3.73. The summed E-state index contributed by atoms with van der Waals surface area (Å²) in [6, 6.07) is 0. The summed E-state index contributed by atoms with van der Waals surface area (Å²) >= 11 is 1.38. The number of alkyl halides is 2. The highest BCUT2D eigenvalue weighted by Crippen LogP contribution is 2.32. The Kier molecular flexibility index (Phi) is 2.76. The van der Waals surface area contributed by atoms with E-state index in [1.807, 2.05) is 0 Å². The van der Waals surface area contributed by atoms with Gasteiger partial charge >= 0.3 is 0 Å². The van der Waals surface area contributed by atoms with Crippen LogP contribution >= 0.6 is 11.8 Å². The van der Waals surface area contributed by atoms with Crippen LogP contribution in [0.3, 0.4) is 0 Å². The summed E-state index contributed by atoms with van der Waals surface area (Å²) in [5.41, 5.74) is 0. The summed E-state index contributed by atoms with van der Waals surface area (Å²) in [4.78, 5) is 0. The lowest BCUT2D eigenvalue weighted by atomic mass is 10.5. The van der Waals surface area contributed by atoms with E-state index >= 15 is 0 Å². The number of rotatable bonds is 4. The first kappa shape index (κ1) is 7.32.